The van der Waals surface area contributed by atoms with Crippen molar-refractivity contribution in [2.24, 2.45) is 0 Å². The Morgan fingerprint density at radius 3 is 0.716 bits per heavy atom. The fraction of sp³-hybridized carbons (Fsp3) is 1.00. The molecule has 0 aromatic rings. The molecular weight excluding hydrogens is 893 g/mol. The van der Waals surface area contributed by atoms with Crippen molar-refractivity contribution >= 4 is 21.4 Å². The SMILES string of the molecule is C.CCCCCCCCCCCCCOCCOCCOCCOCCOCCO[Si](CCCS)(OCC)OCCOCCOCCOCCOCCOCCCCCCCCCCCCC. The molecule has 0 aliphatic heterocycles. The third-order valence-corrected chi connectivity index (χ3v) is 14.2. The summed E-state index contributed by atoms with van der Waals surface area (Å²) < 4.78 is 75.1. The molecular formula is C52H110O13SSi. The van der Waals surface area contributed by atoms with E-state index in [0.29, 0.717) is 145 Å². The quantitative estimate of drug-likeness (QED) is 0.0354. The zero-order valence-corrected chi connectivity index (χ0v) is 45.1. The van der Waals surface area contributed by atoms with Crippen molar-refractivity contribution in [1.82, 2.24) is 0 Å². The van der Waals surface area contributed by atoms with Crippen molar-refractivity contribution in [2.75, 3.05) is 158 Å². The van der Waals surface area contributed by atoms with Crippen molar-refractivity contribution < 1.29 is 60.6 Å². The van der Waals surface area contributed by atoms with Gasteiger partial charge in [0, 0.05) is 25.9 Å². The van der Waals surface area contributed by atoms with E-state index in [2.05, 4.69) is 26.5 Å². The van der Waals surface area contributed by atoms with Crippen molar-refractivity contribution in [2.45, 2.75) is 182 Å². The third-order valence-electron chi connectivity index (χ3n) is 10.9. The Morgan fingerprint density at radius 1 is 0.254 bits per heavy atom. The van der Waals surface area contributed by atoms with E-state index in [1.807, 2.05) is 6.92 Å². The van der Waals surface area contributed by atoms with E-state index in [1.165, 1.54) is 128 Å². The van der Waals surface area contributed by atoms with Gasteiger partial charge in [0.25, 0.3) is 0 Å². The third kappa shape index (κ3) is 56.8. The average molecular weight is 1000 g/mol. The van der Waals surface area contributed by atoms with E-state index in [9.17, 15) is 0 Å². The van der Waals surface area contributed by atoms with Crippen LogP contribution in [0.4, 0.5) is 0 Å². The molecule has 0 fully saturated rings. The van der Waals surface area contributed by atoms with Gasteiger partial charge in [-0.3, -0.25) is 0 Å². The fourth-order valence-corrected chi connectivity index (χ4v) is 10.0. The largest absolute Gasteiger partial charge is 0.501 e. The van der Waals surface area contributed by atoms with Crippen LogP contribution in [0.1, 0.15) is 176 Å². The average Bonchev–Trinajstić information content (AvgIpc) is 3.32. The first-order chi connectivity index (χ1) is 32.7. The van der Waals surface area contributed by atoms with Crippen molar-refractivity contribution in [3.05, 3.63) is 0 Å². The predicted octanol–water partition coefficient (Wildman–Crippen LogP) is 11.7. The van der Waals surface area contributed by atoms with Crippen LogP contribution in [0, 0.1) is 0 Å². The van der Waals surface area contributed by atoms with Crippen molar-refractivity contribution in [1.29, 1.82) is 0 Å². The number of unbranched alkanes of at least 4 members (excludes halogenated alkanes) is 20. The van der Waals surface area contributed by atoms with Crippen LogP contribution >= 0.6 is 12.6 Å². The molecule has 0 rings (SSSR count). The number of hydrogen-bond donors (Lipinski definition) is 1. The van der Waals surface area contributed by atoms with Gasteiger partial charge in [-0.2, -0.15) is 12.6 Å². The molecule has 0 spiro atoms. The molecule has 0 radical (unpaired) electrons. The Morgan fingerprint density at radius 2 is 0.478 bits per heavy atom. The van der Waals surface area contributed by atoms with Gasteiger partial charge < -0.3 is 60.6 Å². The van der Waals surface area contributed by atoms with Crippen LogP contribution < -0.4 is 0 Å². The van der Waals surface area contributed by atoms with E-state index in [4.69, 9.17) is 60.6 Å². The van der Waals surface area contributed by atoms with Gasteiger partial charge in [0.2, 0.25) is 0 Å². The highest BCUT2D eigenvalue weighted by Gasteiger charge is 2.40. The van der Waals surface area contributed by atoms with Gasteiger partial charge in [-0.15, -0.1) is 0 Å². The smallest absolute Gasteiger partial charge is 0.379 e. The summed E-state index contributed by atoms with van der Waals surface area (Å²) >= 11 is 4.40. The molecule has 0 aromatic carbocycles. The Hall–Kier alpha value is 0.0469. The first-order valence-corrected chi connectivity index (χ1v) is 29.6. The van der Waals surface area contributed by atoms with Crippen molar-refractivity contribution in [3.63, 3.8) is 0 Å². The highest BCUT2D eigenvalue weighted by molar-refractivity contribution is 7.80. The van der Waals surface area contributed by atoms with E-state index in [0.717, 1.165) is 38.2 Å². The highest BCUT2D eigenvalue weighted by Crippen LogP contribution is 2.19. The van der Waals surface area contributed by atoms with Gasteiger partial charge in [-0.1, -0.05) is 150 Å². The molecule has 0 saturated carbocycles. The maximum absolute atomic E-state index is 6.23. The zero-order chi connectivity index (χ0) is 47.6. The van der Waals surface area contributed by atoms with E-state index >= 15 is 0 Å². The maximum Gasteiger partial charge on any atom is 0.501 e. The van der Waals surface area contributed by atoms with Gasteiger partial charge in [0.1, 0.15) is 0 Å². The molecule has 0 bridgehead atoms. The first-order valence-electron chi connectivity index (χ1n) is 27.0. The summed E-state index contributed by atoms with van der Waals surface area (Å²) in [7, 11) is -2.90. The summed E-state index contributed by atoms with van der Waals surface area (Å²) in [5.74, 6) is 0.729. The number of hydrogen-bond acceptors (Lipinski definition) is 14. The lowest BCUT2D eigenvalue weighted by molar-refractivity contribution is -0.0218. The van der Waals surface area contributed by atoms with Crippen LogP contribution in [-0.2, 0) is 60.6 Å². The lowest BCUT2D eigenvalue weighted by Crippen LogP contribution is -2.47. The van der Waals surface area contributed by atoms with Crippen LogP contribution in [0.2, 0.25) is 6.04 Å². The van der Waals surface area contributed by atoms with Crippen LogP contribution in [0.25, 0.3) is 0 Å². The molecule has 0 aliphatic carbocycles. The molecule has 0 atom stereocenters. The lowest BCUT2D eigenvalue weighted by Gasteiger charge is -2.29. The molecule has 0 aliphatic rings. The molecule has 15 heteroatoms. The number of thiol groups is 1. The minimum atomic E-state index is -2.90. The van der Waals surface area contributed by atoms with E-state index in [1.54, 1.807) is 0 Å². The second kappa shape index (κ2) is 62.2. The second-order valence-corrected chi connectivity index (χ2v) is 20.0. The minimum Gasteiger partial charge on any atom is -0.379 e. The van der Waals surface area contributed by atoms with Gasteiger partial charge >= 0.3 is 8.80 Å². The molecule has 0 heterocycles. The van der Waals surface area contributed by atoms with Crippen molar-refractivity contribution in [3.8, 4) is 0 Å². The second-order valence-electron chi connectivity index (χ2n) is 16.8. The zero-order valence-electron chi connectivity index (χ0n) is 43.2. The molecule has 0 saturated heterocycles. The summed E-state index contributed by atoms with van der Waals surface area (Å²) in [6.45, 7) is 18.9. The summed E-state index contributed by atoms with van der Waals surface area (Å²) in [5.41, 5.74) is 0. The summed E-state index contributed by atoms with van der Waals surface area (Å²) in [5, 5.41) is 0. The van der Waals surface area contributed by atoms with Gasteiger partial charge in [-0.25, -0.2) is 0 Å². The molecule has 406 valence electrons. The first kappa shape index (κ1) is 69.1. The van der Waals surface area contributed by atoms with E-state index < -0.39 is 8.80 Å². The van der Waals surface area contributed by atoms with Gasteiger partial charge in [-0.05, 0) is 31.9 Å². The molecule has 0 N–H and O–H groups in total. The summed E-state index contributed by atoms with van der Waals surface area (Å²) in [4.78, 5) is 0. The Balaban J connectivity index is 0. The Bertz CT molecular complexity index is 815. The van der Waals surface area contributed by atoms with Crippen LogP contribution in [-0.4, -0.2) is 167 Å². The Kier molecular flexibility index (Phi) is 64.1. The van der Waals surface area contributed by atoms with E-state index in [-0.39, 0.29) is 7.43 Å². The maximum atomic E-state index is 6.23. The van der Waals surface area contributed by atoms with Crippen LogP contribution in [0.15, 0.2) is 0 Å². The molecule has 0 amide bonds. The molecule has 13 nitrogen and oxygen atoms in total. The Labute approximate surface area is 420 Å². The van der Waals surface area contributed by atoms with Crippen LogP contribution in [0.3, 0.4) is 0 Å². The molecule has 0 unspecified atom stereocenters. The molecule has 0 aromatic heterocycles. The number of rotatable bonds is 61. The number of ether oxygens (including phenoxy) is 10. The normalized spacial score (nSPS) is 11.8. The highest BCUT2D eigenvalue weighted by atomic mass is 32.1. The topological polar surface area (TPSA) is 120 Å². The fourth-order valence-electron chi connectivity index (χ4n) is 7.07. The lowest BCUT2D eigenvalue weighted by atomic mass is 10.1. The monoisotopic (exact) mass is 1000 g/mol. The predicted molar refractivity (Wildman–Crippen MR) is 280 cm³/mol. The standard InChI is InChI=1S/C51H106O13SSi.CH4/c1-4-7-9-11-13-15-17-19-21-23-25-28-52-30-32-54-34-36-56-38-40-58-42-44-60-46-48-63-66(62-6-3,51-27-50-65)64-49-47-61-45-43-59-41-39-57-37-35-55-33-31-53-29-26-24-22-20-18-16-14-12-10-8-5-2;/h65H,4-51H2,1-3H3;1H4. The minimum absolute atomic E-state index is 0. The summed E-state index contributed by atoms with van der Waals surface area (Å²) in [6.07, 6.45) is 30.5. The van der Waals surface area contributed by atoms with Gasteiger partial charge in [0.15, 0.2) is 0 Å². The van der Waals surface area contributed by atoms with Gasteiger partial charge in [0.05, 0.1) is 132 Å². The van der Waals surface area contributed by atoms with Crippen LogP contribution in [0.5, 0.6) is 0 Å². The summed E-state index contributed by atoms with van der Waals surface area (Å²) in [6, 6.07) is 0.688. The molecule has 67 heavy (non-hydrogen) atoms.